The van der Waals surface area contributed by atoms with Crippen molar-refractivity contribution in [3.63, 3.8) is 0 Å². The van der Waals surface area contributed by atoms with Gasteiger partial charge in [0.05, 0.1) is 6.20 Å². The van der Waals surface area contributed by atoms with Crippen LogP contribution in [-0.2, 0) is 11.4 Å². The van der Waals surface area contributed by atoms with Crippen LogP contribution in [0.4, 0.5) is 5.69 Å². The highest BCUT2D eigenvalue weighted by Gasteiger charge is 2.00. The van der Waals surface area contributed by atoms with Gasteiger partial charge in [-0.2, -0.15) is 0 Å². The van der Waals surface area contributed by atoms with Crippen LogP contribution in [0.3, 0.4) is 0 Å². The van der Waals surface area contributed by atoms with Crippen LogP contribution in [0, 0.1) is 0 Å². The van der Waals surface area contributed by atoms with Gasteiger partial charge in [0.1, 0.15) is 12.4 Å². The van der Waals surface area contributed by atoms with Gasteiger partial charge in [0.25, 0.3) is 0 Å². The first kappa shape index (κ1) is 11.2. The van der Waals surface area contributed by atoms with Crippen LogP contribution in [-0.4, -0.2) is 11.1 Å². The van der Waals surface area contributed by atoms with Crippen LogP contribution in [0.5, 0.6) is 5.75 Å². The zero-order valence-corrected chi connectivity index (χ0v) is 9.34. The lowest BCUT2D eigenvalue weighted by Crippen LogP contribution is -2.05. The summed E-state index contributed by atoms with van der Waals surface area (Å²) in [7, 11) is 0. The van der Waals surface area contributed by atoms with Gasteiger partial charge >= 0.3 is 0 Å². The molecule has 0 bridgehead atoms. The Balaban J connectivity index is 1.91. The van der Waals surface area contributed by atoms with E-state index in [0.29, 0.717) is 18.1 Å². The average Bonchev–Trinajstić information content (AvgIpc) is 2.80. The first-order chi connectivity index (χ1) is 8.24. The smallest absolute Gasteiger partial charge is 0.221 e. The molecule has 0 atom stereocenters. The molecule has 0 spiro atoms. The highest BCUT2D eigenvalue weighted by molar-refractivity contribution is 5.88. The van der Waals surface area contributed by atoms with Crippen molar-refractivity contribution in [1.29, 1.82) is 0 Å². The van der Waals surface area contributed by atoms with Crippen LogP contribution in [0.2, 0.25) is 0 Å². The molecule has 0 aliphatic carbocycles. The number of anilines is 1. The van der Waals surface area contributed by atoms with Gasteiger partial charge in [0.15, 0.2) is 5.76 Å². The summed E-state index contributed by atoms with van der Waals surface area (Å²) in [5, 5.41) is 6.26. The van der Waals surface area contributed by atoms with Crippen molar-refractivity contribution in [2.75, 3.05) is 5.32 Å². The van der Waals surface area contributed by atoms with Gasteiger partial charge in [-0.1, -0.05) is 5.16 Å². The van der Waals surface area contributed by atoms with Crippen molar-refractivity contribution in [2.24, 2.45) is 0 Å². The van der Waals surface area contributed by atoms with Gasteiger partial charge in [0.2, 0.25) is 5.91 Å². The zero-order valence-electron chi connectivity index (χ0n) is 9.34. The molecule has 1 aromatic carbocycles. The highest BCUT2D eigenvalue weighted by atomic mass is 16.5. The SMILES string of the molecule is CC(=O)Nc1ccc(OCc2ccno2)cc1. The lowest BCUT2D eigenvalue weighted by molar-refractivity contribution is -0.114. The molecule has 1 N–H and O–H groups in total. The highest BCUT2D eigenvalue weighted by Crippen LogP contribution is 2.16. The number of hydrogen-bond donors (Lipinski definition) is 1. The topological polar surface area (TPSA) is 64.4 Å². The van der Waals surface area contributed by atoms with E-state index in [1.54, 1.807) is 36.5 Å². The molecular formula is C12H12N2O3. The summed E-state index contributed by atoms with van der Waals surface area (Å²) >= 11 is 0. The van der Waals surface area contributed by atoms with E-state index in [0.717, 1.165) is 5.69 Å². The lowest BCUT2D eigenvalue weighted by atomic mass is 10.3. The third-order valence-electron chi connectivity index (χ3n) is 2.05. The van der Waals surface area contributed by atoms with E-state index in [9.17, 15) is 4.79 Å². The van der Waals surface area contributed by atoms with Crippen molar-refractivity contribution in [2.45, 2.75) is 13.5 Å². The molecule has 2 rings (SSSR count). The number of amides is 1. The molecule has 17 heavy (non-hydrogen) atoms. The normalized spacial score (nSPS) is 9.94. The second kappa shape index (κ2) is 5.16. The zero-order chi connectivity index (χ0) is 12.1. The molecule has 1 aromatic heterocycles. The van der Waals surface area contributed by atoms with E-state index in [1.807, 2.05) is 0 Å². The maximum absolute atomic E-state index is 10.8. The molecule has 5 nitrogen and oxygen atoms in total. The molecule has 2 aromatic rings. The number of rotatable bonds is 4. The minimum Gasteiger partial charge on any atom is -0.486 e. The fraction of sp³-hybridized carbons (Fsp3) is 0.167. The molecule has 5 heteroatoms. The first-order valence-electron chi connectivity index (χ1n) is 5.14. The molecule has 1 heterocycles. The van der Waals surface area contributed by atoms with Gasteiger partial charge < -0.3 is 14.6 Å². The molecule has 1 amide bonds. The molecule has 0 aliphatic rings. The van der Waals surface area contributed by atoms with Crippen LogP contribution in [0.15, 0.2) is 41.1 Å². The summed E-state index contributed by atoms with van der Waals surface area (Å²) in [6, 6.07) is 8.85. The average molecular weight is 232 g/mol. The van der Waals surface area contributed by atoms with Gasteiger partial charge in [-0.15, -0.1) is 0 Å². The van der Waals surface area contributed by atoms with E-state index in [4.69, 9.17) is 9.26 Å². The Morgan fingerprint density at radius 2 is 2.12 bits per heavy atom. The molecule has 0 aliphatic heterocycles. The molecular weight excluding hydrogens is 220 g/mol. The first-order valence-corrected chi connectivity index (χ1v) is 5.14. The quantitative estimate of drug-likeness (QED) is 0.877. The third-order valence-corrected chi connectivity index (χ3v) is 2.05. The van der Waals surface area contributed by atoms with Crippen molar-refractivity contribution in [1.82, 2.24) is 5.16 Å². The number of nitrogens with zero attached hydrogens (tertiary/aromatic N) is 1. The van der Waals surface area contributed by atoms with Crippen LogP contribution >= 0.6 is 0 Å². The Labute approximate surface area is 98.4 Å². The monoisotopic (exact) mass is 232 g/mol. The fourth-order valence-electron chi connectivity index (χ4n) is 1.31. The summed E-state index contributed by atoms with van der Waals surface area (Å²) in [4.78, 5) is 10.8. The number of ether oxygens (including phenoxy) is 1. The number of benzene rings is 1. The number of hydrogen-bond acceptors (Lipinski definition) is 4. The Morgan fingerprint density at radius 3 is 2.71 bits per heavy atom. The summed E-state index contributed by atoms with van der Waals surface area (Å²) in [6.07, 6.45) is 1.57. The summed E-state index contributed by atoms with van der Waals surface area (Å²) in [6.45, 7) is 1.80. The standard InChI is InChI=1S/C12H12N2O3/c1-9(15)14-10-2-4-11(5-3-10)16-8-12-6-7-13-17-12/h2-7H,8H2,1H3,(H,14,15). The van der Waals surface area contributed by atoms with Gasteiger partial charge in [0, 0.05) is 18.7 Å². The van der Waals surface area contributed by atoms with E-state index in [1.165, 1.54) is 6.92 Å². The predicted molar refractivity (Wildman–Crippen MR) is 61.6 cm³/mol. The second-order valence-corrected chi connectivity index (χ2v) is 3.47. The fourth-order valence-corrected chi connectivity index (χ4v) is 1.31. The van der Waals surface area contributed by atoms with Gasteiger partial charge in [-0.3, -0.25) is 4.79 Å². The Bertz CT molecular complexity index is 477. The molecule has 0 radical (unpaired) electrons. The molecule has 0 fully saturated rings. The molecule has 0 unspecified atom stereocenters. The minimum atomic E-state index is -0.0969. The number of carbonyl (C=O) groups is 1. The Morgan fingerprint density at radius 1 is 1.35 bits per heavy atom. The van der Waals surface area contributed by atoms with Crippen LogP contribution in [0.1, 0.15) is 12.7 Å². The number of nitrogens with one attached hydrogen (secondary N) is 1. The maximum Gasteiger partial charge on any atom is 0.221 e. The lowest BCUT2D eigenvalue weighted by Gasteiger charge is -2.05. The van der Waals surface area contributed by atoms with Crippen molar-refractivity contribution in [3.05, 3.63) is 42.3 Å². The number of aromatic nitrogens is 1. The van der Waals surface area contributed by atoms with Gasteiger partial charge in [-0.05, 0) is 24.3 Å². The van der Waals surface area contributed by atoms with E-state index >= 15 is 0 Å². The van der Waals surface area contributed by atoms with E-state index in [2.05, 4.69) is 10.5 Å². The molecule has 88 valence electrons. The Hall–Kier alpha value is -2.30. The summed E-state index contributed by atoms with van der Waals surface area (Å²) < 4.78 is 10.4. The second-order valence-electron chi connectivity index (χ2n) is 3.47. The minimum absolute atomic E-state index is 0.0969. The Kier molecular flexibility index (Phi) is 3.40. The van der Waals surface area contributed by atoms with Gasteiger partial charge in [-0.25, -0.2) is 0 Å². The summed E-state index contributed by atoms with van der Waals surface area (Å²) in [5.74, 6) is 1.27. The maximum atomic E-state index is 10.8. The van der Waals surface area contributed by atoms with E-state index < -0.39 is 0 Å². The van der Waals surface area contributed by atoms with Crippen LogP contribution < -0.4 is 10.1 Å². The predicted octanol–water partition coefficient (Wildman–Crippen LogP) is 2.21. The van der Waals surface area contributed by atoms with Crippen molar-refractivity contribution >= 4 is 11.6 Å². The molecule has 0 saturated carbocycles. The number of carbonyl (C=O) groups excluding carboxylic acids is 1. The van der Waals surface area contributed by atoms with Crippen LogP contribution in [0.25, 0.3) is 0 Å². The summed E-state index contributed by atoms with van der Waals surface area (Å²) in [5.41, 5.74) is 0.740. The van der Waals surface area contributed by atoms with E-state index in [-0.39, 0.29) is 5.91 Å². The third kappa shape index (κ3) is 3.34. The molecule has 0 saturated heterocycles. The largest absolute Gasteiger partial charge is 0.486 e. The van der Waals surface area contributed by atoms with Crippen molar-refractivity contribution in [3.8, 4) is 5.75 Å². The van der Waals surface area contributed by atoms with Crippen molar-refractivity contribution < 1.29 is 14.1 Å².